The third kappa shape index (κ3) is 5.73. The number of aliphatic hydroxyl groups is 1. The van der Waals surface area contributed by atoms with Gasteiger partial charge in [0.25, 0.3) is 5.91 Å². The number of rotatable bonds is 7. The number of pyridine rings is 1. The van der Waals surface area contributed by atoms with Crippen LogP contribution in [-0.4, -0.2) is 70.7 Å². The number of benzene rings is 2. The Morgan fingerprint density at radius 3 is 2.41 bits per heavy atom. The minimum atomic E-state index is -4.64. The van der Waals surface area contributed by atoms with Crippen LogP contribution in [0.5, 0.6) is 5.75 Å². The molecule has 41 heavy (non-hydrogen) atoms. The molecule has 0 radical (unpaired) electrons. The molecular formula is C28H27ClF3N5O4. The van der Waals surface area contributed by atoms with Gasteiger partial charge in [-0.1, -0.05) is 23.7 Å². The van der Waals surface area contributed by atoms with E-state index < -0.39 is 11.9 Å². The SMILES string of the molecule is COc1ccc(-c2nc(C(=O)N3CCN(C(CO)c4ccc(Cl)cc4)CC3)c(CN)o2)c2ccc(C(F)(F)F)nc12. The van der Waals surface area contributed by atoms with Crippen molar-refractivity contribution in [2.75, 3.05) is 39.9 Å². The van der Waals surface area contributed by atoms with Crippen LogP contribution < -0.4 is 10.5 Å². The van der Waals surface area contributed by atoms with E-state index in [1.807, 2.05) is 12.1 Å². The number of halogens is 4. The second kappa shape index (κ2) is 11.6. The molecule has 0 spiro atoms. The lowest BCUT2D eigenvalue weighted by molar-refractivity contribution is -0.140. The van der Waals surface area contributed by atoms with E-state index in [4.69, 9.17) is 26.5 Å². The van der Waals surface area contributed by atoms with E-state index in [0.717, 1.165) is 11.6 Å². The Hall–Kier alpha value is -3.71. The van der Waals surface area contributed by atoms with E-state index in [1.54, 1.807) is 23.1 Å². The van der Waals surface area contributed by atoms with E-state index >= 15 is 0 Å². The molecule has 5 rings (SSSR count). The van der Waals surface area contributed by atoms with Crippen molar-refractivity contribution in [2.45, 2.75) is 18.8 Å². The molecule has 13 heteroatoms. The number of aliphatic hydroxyl groups excluding tert-OH is 1. The summed E-state index contributed by atoms with van der Waals surface area (Å²) in [6.07, 6.45) is -4.64. The molecular weight excluding hydrogens is 563 g/mol. The summed E-state index contributed by atoms with van der Waals surface area (Å²) >= 11 is 6.00. The van der Waals surface area contributed by atoms with Gasteiger partial charge in [0.2, 0.25) is 5.89 Å². The Balaban J connectivity index is 1.39. The molecule has 216 valence electrons. The standard InChI is InChI=1S/C28H27ClF3N5O4/c1-40-21-8-6-19(18-7-9-23(28(30,31)32)34-24(18)21)26-35-25(22(14-33)41-26)27(39)37-12-10-36(11-13-37)20(15-38)16-2-4-17(29)5-3-16/h2-9,20,38H,10-15,33H2,1H3. The number of carbonyl (C=O) groups excluding carboxylic acids is 1. The summed E-state index contributed by atoms with van der Waals surface area (Å²) in [5.41, 5.74) is 6.10. The van der Waals surface area contributed by atoms with Crippen LogP contribution >= 0.6 is 11.6 Å². The Kier molecular flexibility index (Phi) is 8.18. The molecule has 1 unspecified atom stereocenters. The molecule has 1 amide bonds. The third-order valence-electron chi connectivity index (χ3n) is 7.12. The van der Waals surface area contributed by atoms with Crippen molar-refractivity contribution in [3.8, 4) is 17.2 Å². The summed E-state index contributed by atoms with van der Waals surface area (Å²) < 4.78 is 51.1. The first kappa shape index (κ1) is 28.8. The smallest absolute Gasteiger partial charge is 0.433 e. The molecule has 3 heterocycles. The molecule has 1 saturated heterocycles. The normalized spacial score (nSPS) is 15.3. The maximum atomic E-state index is 13.5. The Labute approximate surface area is 238 Å². The van der Waals surface area contributed by atoms with Crippen LogP contribution in [0.4, 0.5) is 13.2 Å². The van der Waals surface area contributed by atoms with Crippen molar-refractivity contribution in [1.82, 2.24) is 19.8 Å². The van der Waals surface area contributed by atoms with Crippen molar-refractivity contribution in [1.29, 1.82) is 0 Å². The molecule has 1 aliphatic rings. The topological polar surface area (TPSA) is 118 Å². The van der Waals surface area contributed by atoms with Crippen molar-refractivity contribution < 1.29 is 32.2 Å². The van der Waals surface area contributed by atoms with Gasteiger partial charge < -0.3 is 24.9 Å². The Bertz CT molecular complexity index is 1550. The fraction of sp³-hybridized carbons (Fsp3) is 0.321. The highest BCUT2D eigenvalue weighted by atomic mass is 35.5. The Morgan fingerprint density at radius 1 is 1.10 bits per heavy atom. The molecule has 0 saturated carbocycles. The highest BCUT2D eigenvalue weighted by Gasteiger charge is 2.34. The molecule has 3 N–H and O–H groups in total. The number of methoxy groups -OCH3 is 1. The minimum absolute atomic E-state index is 0.0181. The van der Waals surface area contributed by atoms with Crippen molar-refractivity contribution in [3.05, 3.63) is 76.3 Å². The van der Waals surface area contributed by atoms with Crippen LogP contribution in [0.2, 0.25) is 5.02 Å². The molecule has 1 atom stereocenters. The van der Waals surface area contributed by atoms with Gasteiger partial charge in [-0.25, -0.2) is 9.97 Å². The summed E-state index contributed by atoms with van der Waals surface area (Å²) in [4.78, 5) is 25.4. The molecule has 4 aromatic rings. The molecule has 2 aromatic carbocycles. The summed E-state index contributed by atoms with van der Waals surface area (Å²) in [6.45, 7) is 1.59. The van der Waals surface area contributed by atoms with Gasteiger partial charge in [-0.2, -0.15) is 13.2 Å². The number of hydrogen-bond acceptors (Lipinski definition) is 8. The second-order valence-corrected chi connectivity index (χ2v) is 9.92. The third-order valence-corrected chi connectivity index (χ3v) is 7.37. The molecule has 1 fully saturated rings. The number of carbonyl (C=O) groups is 1. The van der Waals surface area contributed by atoms with Gasteiger partial charge in [-0.15, -0.1) is 0 Å². The summed E-state index contributed by atoms with van der Waals surface area (Å²) in [6, 6.07) is 12.2. The Morgan fingerprint density at radius 2 is 1.80 bits per heavy atom. The number of nitrogens with two attached hydrogens (primary N) is 1. The van der Waals surface area contributed by atoms with E-state index in [-0.39, 0.29) is 53.7 Å². The van der Waals surface area contributed by atoms with E-state index in [2.05, 4.69) is 14.9 Å². The fourth-order valence-corrected chi connectivity index (χ4v) is 5.10. The number of oxazole rings is 1. The van der Waals surface area contributed by atoms with Gasteiger partial charge in [0.1, 0.15) is 17.0 Å². The zero-order valence-electron chi connectivity index (χ0n) is 22.0. The predicted octanol–water partition coefficient (Wildman–Crippen LogP) is 4.52. The molecule has 0 aliphatic carbocycles. The lowest BCUT2D eigenvalue weighted by Crippen LogP contribution is -2.50. The average Bonchev–Trinajstić information content (AvgIpc) is 3.41. The fourth-order valence-electron chi connectivity index (χ4n) is 4.98. The lowest BCUT2D eigenvalue weighted by Gasteiger charge is -2.38. The van der Waals surface area contributed by atoms with E-state index in [0.29, 0.717) is 42.2 Å². The number of hydrogen-bond donors (Lipinski definition) is 2. The van der Waals surface area contributed by atoms with Crippen molar-refractivity contribution in [2.24, 2.45) is 5.73 Å². The van der Waals surface area contributed by atoms with Gasteiger partial charge in [0.15, 0.2) is 11.5 Å². The number of ether oxygens (including phenoxy) is 1. The van der Waals surface area contributed by atoms with Crippen LogP contribution in [0, 0.1) is 0 Å². The highest BCUT2D eigenvalue weighted by molar-refractivity contribution is 6.30. The molecule has 0 bridgehead atoms. The van der Waals surface area contributed by atoms with E-state index in [9.17, 15) is 23.1 Å². The van der Waals surface area contributed by atoms with Crippen LogP contribution in [0.3, 0.4) is 0 Å². The summed E-state index contributed by atoms with van der Waals surface area (Å²) in [5, 5.41) is 11.0. The zero-order chi connectivity index (χ0) is 29.3. The van der Waals surface area contributed by atoms with Gasteiger partial charge in [0.05, 0.1) is 26.3 Å². The molecule has 1 aliphatic heterocycles. The van der Waals surface area contributed by atoms with Gasteiger partial charge in [-0.3, -0.25) is 9.69 Å². The number of fused-ring (bicyclic) bond motifs is 1. The zero-order valence-corrected chi connectivity index (χ0v) is 22.7. The summed E-state index contributed by atoms with van der Waals surface area (Å²) in [7, 11) is 1.34. The first-order chi connectivity index (χ1) is 19.6. The molecule has 9 nitrogen and oxygen atoms in total. The number of amides is 1. The molecule has 2 aromatic heterocycles. The second-order valence-electron chi connectivity index (χ2n) is 9.48. The highest BCUT2D eigenvalue weighted by Crippen LogP contribution is 2.37. The first-order valence-corrected chi connectivity index (χ1v) is 13.2. The first-order valence-electron chi connectivity index (χ1n) is 12.8. The number of aromatic nitrogens is 2. The largest absolute Gasteiger partial charge is 0.494 e. The monoisotopic (exact) mass is 589 g/mol. The lowest BCUT2D eigenvalue weighted by atomic mass is 10.0. The van der Waals surface area contributed by atoms with Crippen molar-refractivity contribution in [3.63, 3.8) is 0 Å². The number of nitrogens with zero attached hydrogens (tertiary/aromatic N) is 4. The number of piperazine rings is 1. The van der Waals surface area contributed by atoms with E-state index in [1.165, 1.54) is 19.2 Å². The maximum absolute atomic E-state index is 13.5. The van der Waals surface area contributed by atoms with Crippen molar-refractivity contribution >= 4 is 28.4 Å². The van der Waals surface area contributed by atoms with Crippen LogP contribution in [-0.2, 0) is 12.7 Å². The van der Waals surface area contributed by atoms with Crippen LogP contribution in [0.1, 0.15) is 33.5 Å². The van der Waals surface area contributed by atoms with Gasteiger partial charge in [-0.05, 0) is 42.0 Å². The number of alkyl halides is 3. The predicted molar refractivity (Wildman–Crippen MR) is 145 cm³/mol. The van der Waals surface area contributed by atoms with Crippen LogP contribution in [0.25, 0.3) is 22.4 Å². The minimum Gasteiger partial charge on any atom is -0.494 e. The van der Waals surface area contributed by atoms with Crippen LogP contribution in [0.15, 0.2) is 52.9 Å². The van der Waals surface area contributed by atoms with Gasteiger partial charge >= 0.3 is 6.18 Å². The summed E-state index contributed by atoms with van der Waals surface area (Å²) in [5.74, 6) is -0.0350. The average molecular weight is 590 g/mol. The quantitative estimate of drug-likeness (QED) is 0.323. The van der Waals surface area contributed by atoms with Gasteiger partial charge in [0, 0.05) is 42.2 Å². The maximum Gasteiger partial charge on any atom is 0.433 e.